The normalized spacial score (nSPS) is 18.8. The van der Waals surface area contributed by atoms with E-state index in [1.807, 2.05) is 27.7 Å². The molecule has 1 atom stereocenters. The molecule has 8 heteroatoms. The Kier molecular flexibility index (Phi) is 4.49. The summed E-state index contributed by atoms with van der Waals surface area (Å²) in [5, 5.41) is 0. The Hall–Kier alpha value is -2.90. The van der Waals surface area contributed by atoms with Crippen LogP contribution in [-0.2, 0) is 17.8 Å². The minimum atomic E-state index is -2.33. The first-order valence-electron chi connectivity index (χ1n) is 9.98. The standard InChI is InChI=1S/C21H21F2N5O/c22-18(23)4-2-10-27-17-3-1-8-25-20(17)26-19(27)11-14-15-12-24-9-7-16(15)28(21(14)29)13-5-6-13/h1,3,7-9,12-14,18H,2,4-6,10-11H2. The number of pyridine rings is 2. The Morgan fingerprint density at radius 1 is 1.21 bits per heavy atom. The summed E-state index contributed by atoms with van der Waals surface area (Å²) in [6.07, 6.45) is 5.46. The van der Waals surface area contributed by atoms with E-state index >= 15 is 0 Å². The van der Waals surface area contributed by atoms with Crippen LogP contribution in [0.5, 0.6) is 0 Å². The number of rotatable bonds is 7. The molecule has 1 saturated carbocycles. The monoisotopic (exact) mass is 397 g/mol. The quantitative estimate of drug-likeness (QED) is 0.610. The molecule has 0 saturated heterocycles. The van der Waals surface area contributed by atoms with Crippen molar-refractivity contribution in [2.24, 2.45) is 0 Å². The lowest BCUT2D eigenvalue weighted by Gasteiger charge is -2.17. The van der Waals surface area contributed by atoms with Gasteiger partial charge in [-0.3, -0.25) is 9.78 Å². The molecule has 0 spiro atoms. The number of amides is 1. The van der Waals surface area contributed by atoms with E-state index in [9.17, 15) is 13.6 Å². The molecule has 4 heterocycles. The van der Waals surface area contributed by atoms with Crippen molar-refractivity contribution in [2.75, 3.05) is 4.90 Å². The van der Waals surface area contributed by atoms with Gasteiger partial charge in [0.25, 0.3) is 0 Å². The van der Waals surface area contributed by atoms with Crippen molar-refractivity contribution in [2.45, 2.75) is 57.0 Å². The van der Waals surface area contributed by atoms with Crippen molar-refractivity contribution in [3.63, 3.8) is 0 Å². The van der Waals surface area contributed by atoms with Crippen molar-refractivity contribution in [3.8, 4) is 0 Å². The molecule has 1 aliphatic heterocycles. The van der Waals surface area contributed by atoms with Gasteiger partial charge in [-0.05, 0) is 37.5 Å². The average Bonchev–Trinajstić information content (AvgIpc) is 3.43. The number of imidazole rings is 1. The molecule has 3 aromatic heterocycles. The molecule has 1 fully saturated rings. The van der Waals surface area contributed by atoms with Gasteiger partial charge in [-0.15, -0.1) is 0 Å². The molecular weight excluding hydrogens is 376 g/mol. The van der Waals surface area contributed by atoms with Gasteiger partial charge in [-0.25, -0.2) is 18.7 Å². The van der Waals surface area contributed by atoms with E-state index in [2.05, 4.69) is 15.0 Å². The summed E-state index contributed by atoms with van der Waals surface area (Å²) in [4.78, 5) is 28.3. The lowest BCUT2D eigenvalue weighted by Crippen LogP contribution is -2.31. The molecule has 5 rings (SSSR count). The molecule has 0 bridgehead atoms. The van der Waals surface area contributed by atoms with E-state index in [-0.39, 0.29) is 24.3 Å². The minimum absolute atomic E-state index is 0.0784. The maximum Gasteiger partial charge on any atom is 0.238 e. The number of aryl methyl sites for hydroxylation is 1. The summed E-state index contributed by atoms with van der Waals surface area (Å²) in [6, 6.07) is 5.88. The molecule has 2 aliphatic rings. The Labute approximate surface area is 166 Å². The van der Waals surface area contributed by atoms with Crippen molar-refractivity contribution >= 4 is 22.8 Å². The highest BCUT2D eigenvalue weighted by Gasteiger charge is 2.44. The summed E-state index contributed by atoms with van der Waals surface area (Å²) in [5.41, 5.74) is 3.25. The summed E-state index contributed by atoms with van der Waals surface area (Å²) in [7, 11) is 0. The number of fused-ring (bicyclic) bond motifs is 2. The molecule has 29 heavy (non-hydrogen) atoms. The highest BCUT2D eigenvalue weighted by atomic mass is 19.3. The molecule has 1 aliphatic carbocycles. The smallest absolute Gasteiger partial charge is 0.238 e. The van der Waals surface area contributed by atoms with Crippen LogP contribution in [0.3, 0.4) is 0 Å². The number of carbonyl (C=O) groups is 1. The lowest BCUT2D eigenvalue weighted by molar-refractivity contribution is -0.119. The number of aromatic nitrogens is 4. The maximum atomic E-state index is 13.2. The fourth-order valence-electron chi connectivity index (χ4n) is 4.21. The van der Waals surface area contributed by atoms with Crippen molar-refractivity contribution < 1.29 is 13.6 Å². The third-order valence-electron chi connectivity index (χ3n) is 5.70. The van der Waals surface area contributed by atoms with Gasteiger partial charge in [0, 0.05) is 49.6 Å². The largest absolute Gasteiger partial charge is 0.327 e. The van der Waals surface area contributed by atoms with E-state index in [4.69, 9.17) is 0 Å². The van der Waals surface area contributed by atoms with Gasteiger partial charge in [-0.1, -0.05) is 0 Å². The van der Waals surface area contributed by atoms with Gasteiger partial charge in [0.1, 0.15) is 5.82 Å². The predicted molar refractivity (Wildman–Crippen MR) is 104 cm³/mol. The number of nitrogens with zero attached hydrogens (tertiary/aromatic N) is 5. The Bertz CT molecular complexity index is 1060. The second kappa shape index (κ2) is 7.17. The van der Waals surface area contributed by atoms with Gasteiger partial charge < -0.3 is 9.47 Å². The molecule has 0 radical (unpaired) electrons. The number of carbonyl (C=O) groups excluding carboxylic acids is 1. The van der Waals surface area contributed by atoms with Crippen molar-refractivity contribution in [3.05, 3.63) is 48.2 Å². The Morgan fingerprint density at radius 3 is 2.86 bits per heavy atom. The third kappa shape index (κ3) is 3.26. The second-order valence-electron chi connectivity index (χ2n) is 7.69. The van der Waals surface area contributed by atoms with Crippen LogP contribution in [0.1, 0.15) is 43.0 Å². The fourth-order valence-corrected chi connectivity index (χ4v) is 4.21. The SMILES string of the molecule is O=C1C(Cc2nc3ncccc3n2CCCC(F)F)c2cnccc2N1C1CC1. The molecule has 0 aromatic carbocycles. The van der Waals surface area contributed by atoms with E-state index in [0.29, 0.717) is 30.9 Å². The molecule has 1 amide bonds. The van der Waals surface area contributed by atoms with Crippen LogP contribution in [0.2, 0.25) is 0 Å². The van der Waals surface area contributed by atoms with Crippen molar-refractivity contribution in [1.29, 1.82) is 0 Å². The molecule has 3 aromatic rings. The maximum absolute atomic E-state index is 13.2. The minimum Gasteiger partial charge on any atom is -0.327 e. The topological polar surface area (TPSA) is 63.9 Å². The number of hydrogen-bond acceptors (Lipinski definition) is 4. The fraction of sp³-hybridized carbons (Fsp3) is 0.429. The number of halogens is 2. The van der Waals surface area contributed by atoms with E-state index < -0.39 is 6.43 Å². The van der Waals surface area contributed by atoms with Gasteiger partial charge >= 0.3 is 0 Å². The van der Waals surface area contributed by atoms with Gasteiger partial charge in [0.05, 0.1) is 17.1 Å². The molecular formula is C21H21F2N5O. The van der Waals surface area contributed by atoms with Crippen LogP contribution in [0.25, 0.3) is 11.2 Å². The molecule has 1 unspecified atom stereocenters. The summed E-state index contributed by atoms with van der Waals surface area (Å²) >= 11 is 0. The van der Waals surface area contributed by atoms with E-state index in [1.54, 1.807) is 18.6 Å². The highest BCUT2D eigenvalue weighted by molar-refractivity contribution is 6.05. The van der Waals surface area contributed by atoms with E-state index in [0.717, 1.165) is 29.6 Å². The summed E-state index contributed by atoms with van der Waals surface area (Å²) in [5.74, 6) is 0.429. The average molecular weight is 397 g/mol. The predicted octanol–water partition coefficient (Wildman–Crippen LogP) is 3.71. The Balaban J connectivity index is 1.49. The zero-order chi connectivity index (χ0) is 20.0. The van der Waals surface area contributed by atoms with Crippen LogP contribution in [0, 0.1) is 0 Å². The number of hydrogen-bond donors (Lipinski definition) is 0. The van der Waals surface area contributed by atoms with Crippen LogP contribution in [0.4, 0.5) is 14.5 Å². The number of anilines is 1. The Morgan fingerprint density at radius 2 is 2.07 bits per heavy atom. The summed E-state index contributed by atoms with van der Waals surface area (Å²) in [6.45, 7) is 0.426. The lowest BCUT2D eigenvalue weighted by atomic mass is 9.98. The first-order chi connectivity index (χ1) is 14.1. The third-order valence-corrected chi connectivity index (χ3v) is 5.70. The van der Waals surface area contributed by atoms with Gasteiger partial charge in [0.2, 0.25) is 12.3 Å². The highest BCUT2D eigenvalue weighted by Crippen LogP contribution is 2.44. The van der Waals surface area contributed by atoms with Gasteiger partial charge in [0.15, 0.2) is 5.65 Å². The zero-order valence-electron chi connectivity index (χ0n) is 15.8. The van der Waals surface area contributed by atoms with Crippen LogP contribution in [0.15, 0.2) is 36.8 Å². The van der Waals surface area contributed by atoms with Crippen LogP contribution < -0.4 is 4.90 Å². The van der Waals surface area contributed by atoms with Gasteiger partial charge in [-0.2, -0.15) is 0 Å². The summed E-state index contributed by atoms with van der Waals surface area (Å²) < 4.78 is 27.2. The van der Waals surface area contributed by atoms with Crippen LogP contribution >= 0.6 is 0 Å². The molecule has 6 nitrogen and oxygen atoms in total. The van der Waals surface area contributed by atoms with Crippen LogP contribution in [-0.4, -0.2) is 37.9 Å². The van der Waals surface area contributed by atoms with E-state index in [1.165, 1.54) is 0 Å². The zero-order valence-corrected chi connectivity index (χ0v) is 15.8. The molecule has 150 valence electrons. The van der Waals surface area contributed by atoms with Crippen molar-refractivity contribution in [1.82, 2.24) is 19.5 Å². The molecule has 0 N–H and O–H groups in total. The second-order valence-corrected chi connectivity index (χ2v) is 7.69. The first kappa shape index (κ1) is 18.1. The number of alkyl halides is 2. The first-order valence-corrected chi connectivity index (χ1v) is 9.98.